The number of likely N-dealkylation sites (N-methyl/N-ethyl adjacent to an activating group) is 1. The van der Waals surface area contributed by atoms with Crippen molar-refractivity contribution < 1.29 is 14.3 Å². The maximum absolute atomic E-state index is 13.3. The van der Waals surface area contributed by atoms with Gasteiger partial charge in [-0.25, -0.2) is 0 Å². The molecule has 1 aliphatic heterocycles. The van der Waals surface area contributed by atoms with Gasteiger partial charge in [-0.3, -0.25) is 9.69 Å². The van der Waals surface area contributed by atoms with Crippen LogP contribution in [0.25, 0.3) is 6.08 Å². The number of carbonyl (C=O) groups is 1. The van der Waals surface area contributed by atoms with Crippen molar-refractivity contribution in [1.29, 1.82) is 0 Å². The molecule has 1 saturated heterocycles. The highest BCUT2D eigenvalue weighted by Crippen LogP contribution is 2.34. The Morgan fingerprint density at radius 2 is 1.79 bits per heavy atom. The summed E-state index contributed by atoms with van der Waals surface area (Å²) in [5, 5.41) is 1.57. The van der Waals surface area contributed by atoms with Crippen LogP contribution in [0.3, 0.4) is 0 Å². The van der Waals surface area contributed by atoms with Crippen molar-refractivity contribution in [2.45, 2.75) is 51.7 Å². The van der Waals surface area contributed by atoms with Crippen molar-refractivity contribution in [2.75, 3.05) is 13.7 Å². The first-order valence-electron chi connectivity index (χ1n) is 11.6. The molecule has 1 amide bonds. The number of hydrogen-bond acceptors (Lipinski definition) is 4. The molecule has 0 unspecified atom stereocenters. The minimum absolute atomic E-state index is 0.0303. The molecular weight excluding hydrogens is 491 g/mol. The molecule has 4 rings (SSSR count). The SMILES string of the molecule is CCOc1cc(/C=C2/C(=O)N(C3CCCCC3)C(=S)N2C)ccc1OCc1ccc(Cl)c(Cl)c1. The van der Waals surface area contributed by atoms with Gasteiger partial charge < -0.3 is 14.4 Å². The summed E-state index contributed by atoms with van der Waals surface area (Å²) >= 11 is 17.7. The number of thiocarbonyl (C=S) groups is 1. The van der Waals surface area contributed by atoms with Crippen LogP contribution >= 0.6 is 35.4 Å². The number of ether oxygens (including phenoxy) is 2. The van der Waals surface area contributed by atoms with E-state index in [1.807, 2.05) is 44.3 Å². The molecule has 2 fully saturated rings. The molecule has 0 aromatic heterocycles. The van der Waals surface area contributed by atoms with E-state index in [-0.39, 0.29) is 11.9 Å². The van der Waals surface area contributed by atoms with Gasteiger partial charge in [-0.1, -0.05) is 54.6 Å². The van der Waals surface area contributed by atoms with E-state index in [9.17, 15) is 4.79 Å². The first-order chi connectivity index (χ1) is 16.4. The number of benzene rings is 2. The van der Waals surface area contributed by atoms with E-state index in [0.29, 0.717) is 45.6 Å². The van der Waals surface area contributed by atoms with Crippen molar-refractivity contribution in [3.63, 3.8) is 0 Å². The lowest BCUT2D eigenvalue weighted by Gasteiger charge is -2.30. The summed E-state index contributed by atoms with van der Waals surface area (Å²) in [7, 11) is 1.85. The van der Waals surface area contributed by atoms with Gasteiger partial charge in [0.2, 0.25) is 0 Å². The molecule has 2 aliphatic rings. The molecule has 1 aliphatic carbocycles. The predicted octanol–water partition coefficient (Wildman–Crippen LogP) is 6.70. The topological polar surface area (TPSA) is 42.0 Å². The van der Waals surface area contributed by atoms with Gasteiger partial charge in [0.15, 0.2) is 16.6 Å². The van der Waals surface area contributed by atoms with Gasteiger partial charge in [0, 0.05) is 13.1 Å². The van der Waals surface area contributed by atoms with Crippen molar-refractivity contribution in [2.24, 2.45) is 0 Å². The third kappa shape index (κ3) is 5.35. The molecule has 2 aromatic rings. The summed E-state index contributed by atoms with van der Waals surface area (Å²) in [5.41, 5.74) is 2.31. The van der Waals surface area contributed by atoms with Crippen molar-refractivity contribution in [3.8, 4) is 11.5 Å². The molecule has 0 N–H and O–H groups in total. The number of nitrogens with zero attached hydrogens (tertiary/aromatic N) is 2. The second-order valence-electron chi connectivity index (χ2n) is 8.51. The van der Waals surface area contributed by atoms with Crippen LogP contribution in [0.4, 0.5) is 0 Å². The van der Waals surface area contributed by atoms with Crippen LogP contribution in [0.5, 0.6) is 11.5 Å². The van der Waals surface area contributed by atoms with E-state index >= 15 is 0 Å². The molecule has 0 radical (unpaired) electrons. The van der Waals surface area contributed by atoms with E-state index in [0.717, 1.165) is 36.8 Å². The molecule has 0 spiro atoms. The molecule has 5 nitrogen and oxygen atoms in total. The quantitative estimate of drug-likeness (QED) is 0.301. The van der Waals surface area contributed by atoms with Crippen LogP contribution in [-0.4, -0.2) is 40.5 Å². The highest BCUT2D eigenvalue weighted by molar-refractivity contribution is 7.80. The van der Waals surface area contributed by atoms with Gasteiger partial charge in [0.05, 0.1) is 16.7 Å². The fraction of sp³-hybridized carbons (Fsp3) is 0.385. The maximum Gasteiger partial charge on any atom is 0.277 e. The van der Waals surface area contributed by atoms with E-state index in [2.05, 4.69) is 0 Å². The monoisotopic (exact) mass is 518 g/mol. The minimum atomic E-state index is -0.0303. The molecule has 1 saturated carbocycles. The van der Waals surface area contributed by atoms with Crippen LogP contribution in [0.1, 0.15) is 50.2 Å². The van der Waals surface area contributed by atoms with Gasteiger partial charge in [-0.15, -0.1) is 0 Å². The van der Waals surface area contributed by atoms with Gasteiger partial charge in [-0.2, -0.15) is 0 Å². The Kier molecular flexibility index (Phi) is 8.02. The second kappa shape index (κ2) is 11.0. The number of rotatable bonds is 7. The van der Waals surface area contributed by atoms with Crippen LogP contribution in [0.15, 0.2) is 42.1 Å². The first-order valence-corrected chi connectivity index (χ1v) is 12.7. The lowest BCUT2D eigenvalue weighted by Crippen LogP contribution is -2.41. The zero-order valence-electron chi connectivity index (χ0n) is 19.4. The number of amides is 1. The van der Waals surface area contributed by atoms with Gasteiger partial charge in [0.25, 0.3) is 5.91 Å². The molecule has 180 valence electrons. The Balaban J connectivity index is 1.54. The summed E-state index contributed by atoms with van der Waals surface area (Å²) in [6.45, 7) is 2.73. The van der Waals surface area contributed by atoms with Crippen LogP contribution in [0, 0.1) is 0 Å². The largest absolute Gasteiger partial charge is 0.490 e. The molecule has 2 aromatic carbocycles. The molecule has 0 bridgehead atoms. The summed E-state index contributed by atoms with van der Waals surface area (Å²) < 4.78 is 11.8. The average Bonchev–Trinajstić information content (AvgIpc) is 3.04. The Morgan fingerprint density at radius 1 is 1.03 bits per heavy atom. The fourth-order valence-corrected chi connectivity index (χ4v) is 5.04. The maximum atomic E-state index is 13.3. The zero-order valence-corrected chi connectivity index (χ0v) is 21.7. The predicted molar refractivity (Wildman–Crippen MR) is 140 cm³/mol. The van der Waals surface area contributed by atoms with Gasteiger partial charge in [-0.05, 0) is 73.5 Å². The highest BCUT2D eigenvalue weighted by Gasteiger charge is 2.40. The van der Waals surface area contributed by atoms with Gasteiger partial charge >= 0.3 is 0 Å². The summed E-state index contributed by atoms with van der Waals surface area (Å²) in [6.07, 6.45) is 7.38. The highest BCUT2D eigenvalue weighted by atomic mass is 35.5. The lowest BCUT2D eigenvalue weighted by atomic mass is 9.94. The fourth-order valence-electron chi connectivity index (χ4n) is 4.39. The van der Waals surface area contributed by atoms with Crippen LogP contribution < -0.4 is 9.47 Å². The van der Waals surface area contributed by atoms with E-state index < -0.39 is 0 Å². The summed E-state index contributed by atoms with van der Waals surface area (Å²) in [4.78, 5) is 16.9. The van der Waals surface area contributed by atoms with Gasteiger partial charge in [0.1, 0.15) is 12.3 Å². The molecule has 0 atom stereocenters. The Labute approximate surface area is 216 Å². The molecule has 1 heterocycles. The summed E-state index contributed by atoms with van der Waals surface area (Å²) in [6, 6.07) is 11.2. The number of hydrogen-bond donors (Lipinski definition) is 0. The molecule has 34 heavy (non-hydrogen) atoms. The third-order valence-corrected chi connectivity index (χ3v) is 7.39. The second-order valence-corrected chi connectivity index (χ2v) is 9.69. The van der Waals surface area contributed by atoms with Crippen molar-refractivity contribution in [3.05, 3.63) is 63.3 Å². The van der Waals surface area contributed by atoms with Crippen LogP contribution in [0.2, 0.25) is 10.0 Å². The Hall–Kier alpha value is -2.28. The zero-order chi connectivity index (χ0) is 24.2. The third-order valence-electron chi connectivity index (χ3n) is 6.18. The first kappa shape index (κ1) is 24.8. The van der Waals surface area contributed by atoms with E-state index in [1.54, 1.807) is 21.9 Å². The minimum Gasteiger partial charge on any atom is -0.490 e. The summed E-state index contributed by atoms with van der Waals surface area (Å²) in [5.74, 6) is 1.19. The smallest absolute Gasteiger partial charge is 0.277 e. The average molecular weight is 519 g/mol. The molecular formula is C26H28Cl2N2O3S. The normalized spacial score (nSPS) is 18.2. The van der Waals surface area contributed by atoms with Crippen LogP contribution in [-0.2, 0) is 11.4 Å². The molecule has 8 heteroatoms. The number of carbonyl (C=O) groups excluding carboxylic acids is 1. The lowest BCUT2D eigenvalue weighted by molar-refractivity contribution is -0.124. The van der Waals surface area contributed by atoms with E-state index in [1.165, 1.54) is 6.42 Å². The Bertz CT molecular complexity index is 1120. The standard InChI is InChI=1S/C26H28Cl2N2O3S/c1-3-32-24-15-17(10-12-23(24)33-16-18-9-11-20(27)21(28)13-18)14-22-25(31)30(26(34)29(22)2)19-7-5-4-6-8-19/h9-15,19H,3-8,16H2,1-2H3/b22-14-. The van der Waals surface area contributed by atoms with Crippen molar-refractivity contribution in [1.82, 2.24) is 9.80 Å². The van der Waals surface area contributed by atoms with Crippen molar-refractivity contribution >= 4 is 52.5 Å². The number of halogens is 2. The Morgan fingerprint density at radius 3 is 2.50 bits per heavy atom. The van der Waals surface area contributed by atoms with E-state index in [4.69, 9.17) is 44.9 Å².